The number of hydrogen-bond acceptors (Lipinski definition) is 4. The SMILES string of the molecule is CN=C(NCCCOCC1CC1)NCCOc1ncc(C(F)(F)F)cc1Cl. The van der Waals surface area contributed by atoms with Crippen molar-refractivity contribution < 1.29 is 22.6 Å². The molecule has 10 heteroatoms. The van der Waals surface area contributed by atoms with Gasteiger partial charge in [0.2, 0.25) is 5.88 Å². The molecule has 1 aromatic heterocycles. The number of halogens is 4. The number of ether oxygens (including phenoxy) is 2. The lowest BCUT2D eigenvalue weighted by Gasteiger charge is -2.13. The van der Waals surface area contributed by atoms with Gasteiger partial charge in [0.05, 0.1) is 12.1 Å². The van der Waals surface area contributed by atoms with Gasteiger partial charge < -0.3 is 20.1 Å². The molecule has 1 heterocycles. The molecule has 1 aromatic rings. The largest absolute Gasteiger partial charge is 0.475 e. The number of rotatable bonds is 10. The van der Waals surface area contributed by atoms with Crippen LogP contribution >= 0.6 is 11.6 Å². The third-order valence-corrected chi connectivity index (χ3v) is 4.07. The van der Waals surface area contributed by atoms with Crippen LogP contribution in [0.25, 0.3) is 0 Å². The van der Waals surface area contributed by atoms with Gasteiger partial charge in [-0.2, -0.15) is 13.2 Å². The van der Waals surface area contributed by atoms with Crippen LogP contribution in [0.3, 0.4) is 0 Å². The second-order valence-electron chi connectivity index (χ2n) is 6.15. The molecule has 2 rings (SSSR count). The first kappa shape index (κ1) is 21.6. The van der Waals surface area contributed by atoms with Crippen molar-refractivity contribution in [2.45, 2.75) is 25.4 Å². The molecule has 152 valence electrons. The third kappa shape index (κ3) is 8.21. The molecule has 0 saturated heterocycles. The maximum atomic E-state index is 12.6. The number of nitrogens with one attached hydrogen (secondary N) is 2. The highest BCUT2D eigenvalue weighted by atomic mass is 35.5. The molecule has 1 aliphatic carbocycles. The fourth-order valence-corrected chi connectivity index (χ4v) is 2.36. The molecule has 0 unspecified atom stereocenters. The summed E-state index contributed by atoms with van der Waals surface area (Å²) in [5, 5.41) is 6.00. The second kappa shape index (κ2) is 10.6. The Morgan fingerprint density at radius 2 is 2.04 bits per heavy atom. The van der Waals surface area contributed by atoms with Gasteiger partial charge in [0.25, 0.3) is 0 Å². The van der Waals surface area contributed by atoms with Gasteiger partial charge in [-0.25, -0.2) is 4.98 Å². The predicted molar refractivity (Wildman–Crippen MR) is 97.3 cm³/mol. The zero-order valence-electron chi connectivity index (χ0n) is 15.1. The molecule has 2 N–H and O–H groups in total. The molecule has 0 atom stereocenters. The van der Waals surface area contributed by atoms with E-state index in [0.717, 1.165) is 31.6 Å². The van der Waals surface area contributed by atoms with Gasteiger partial charge in [0, 0.05) is 33.0 Å². The van der Waals surface area contributed by atoms with E-state index in [1.165, 1.54) is 12.8 Å². The fourth-order valence-electron chi connectivity index (χ4n) is 2.14. The van der Waals surface area contributed by atoms with Crippen molar-refractivity contribution in [2.75, 3.05) is 40.0 Å². The van der Waals surface area contributed by atoms with Crippen LogP contribution in [0.2, 0.25) is 5.02 Å². The van der Waals surface area contributed by atoms with Crippen LogP contribution in [0.1, 0.15) is 24.8 Å². The summed E-state index contributed by atoms with van der Waals surface area (Å²) in [5.74, 6) is 1.33. The quantitative estimate of drug-likeness (QED) is 0.354. The van der Waals surface area contributed by atoms with E-state index in [2.05, 4.69) is 20.6 Å². The Kier molecular flexibility index (Phi) is 8.43. The first-order valence-corrected chi connectivity index (χ1v) is 9.15. The summed E-state index contributed by atoms with van der Waals surface area (Å²) in [5.41, 5.74) is -0.913. The third-order valence-electron chi connectivity index (χ3n) is 3.80. The average Bonchev–Trinajstić information content (AvgIpc) is 3.44. The molecule has 27 heavy (non-hydrogen) atoms. The molecule has 0 bridgehead atoms. The average molecular weight is 409 g/mol. The summed E-state index contributed by atoms with van der Waals surface area (Å²) in [4.78, 5) is 7.69. The Bertz CT molecular complexity index is 625. The van der Waals surface area contributed by atoms with Gasteiger partial charge in [0.15, 0.2) is 5.96 Å². The van der Waals surface area contributed by atoms with E-state index in [0.29, 0.717) is 25.3 Å². The van der Waals surface area contributed by atoms with Crippen molar-refractivity contribution in [1.29, 1.82) is 0 Å². The minimum Gasteiger partial charge on any atom is -0.475 e. The lowest BCUT2D eigenvalue weighted by molar-refractivity contribution is -0.137. The van der Waals surface area contributed by atoms with E-state index >= 15 is 0 Å². The van der Waals surface area contributed by atoms with Crippen molar-refractivity contribution in [3.8, 4) is 5.88 Å². The van der Waals surface area contributed by atoms with Crippen molar-refractivity contribution in [2.24, 2.45) is 10.9 Å². The molecule has 1 saturated carbocycles. The fraction of sp³-hybridized carbons (Fsp3) is 0.647. The number of nitrogens with zero attached hydrogens (tertiary/aromatic N) is 2. The minimum absolute atomic E-state index is 0.0396. The molecular weight excluding hydrogens is 385 g/mol. The molecular formula is C17H24ClF3N4O2. The summed E-state index contributed by atoms with van der Waals surface area (Å²) >= 11 is 5.78. The first-order valence-electron chi connectivity index (χ1n) is 8.78. The summed E-state index contributed by atoms with van der Waals surface area (Å²) in [6.45, 7) is 2.84. The van der Waals surface area contributed by atoms with Crippen LogP contribution in [0.15, 0.2) is 17.3 Å². The first-order chi connectivity index (χ1) is 12.9. The number of pyridine rings is 1. The minimum atomic E-state index is -4.49. The van der Waals surface area contributed by atoms with Crippen LogP contribution in [-0.4, -0.2) is 50.9 Å². The van der Waals surface area contributed by atoms with Crippen LogP contribution < -0.4 is 15.4 Å². The van der Waals surface area contributed by atoms with Gasteiger partial charge in [-0.15, -0.1) is 0 Å². The lowest BCUT2D eigenvalue weighted by Crippen LogP contribution is -2.40. The summed E-state index contributed by atoms with van der Waals surface area (Å²) in [7, 11) is 1.65. The Morgan fingerprint density at radius 3 is 2.67 bits per heavy atom. The zero-order chi connectivity index (χ0) is 19.7. The molecule has 6 nitrogen and oxygen atoms in total. The van der Waals surface area contributed by atoms with Gasteiger partial charge in [-0.05, 0) is 31.2 Å². The maximum Gasteiger partial charge on any atom is 0.417 e. The summed E-state index contributed by atoms with van der Waals surface area (Å²) in [6, 6.07) is 0.795. The molecule has 1 fully saturated rings. The van der Waals surface area contributed by atoms with E-state index in [9.17, 15) is 13.2 Å². The number of aromatic nitrogens is 1. The van der Waals surface area contributed by atoms with Crippen molar-refractivity contribution in [3.05, 3.63) is 22.8 Å². The van der Waals surface area contributed by atoms with E-state index in [-0.39, 0.29) is 17.5 Å². The summed E-state index contributed by atoms with van der Waals surface area (Å²) < 4.78 is 48.6. The second-order valence-corrected chi connectivity index (χ2v) is 6.56. The smallest absolute Gasteiger partial charge is 0.417 e. The number of hydrogen-bond donors (Lipinski definition) is 2. The van der Waals surface area contributed by atoms with Gasteiger partial charge in [0.1, 0.15) is 11.6 Å². The van der Waals surface area contributed by atoms with Crippen LogP contribution in [-0.2, 0) is 10.9 Å². The van der Waals surface area contributed by atoms with Gasteiger partial charge in [-0.3, -0.25) is 4.99 Å². The van der Waals surface area contributed by atoms with Crippen molar-refractivity contribution in [3.63, 3.8) is 0 Å². The molecule has 0 radical (unpaired) electrons. The highest BCUT2D eigenvalue weighted by Crippen LogP contribution is 2.33. The highest BCUT2D eigenvalue weighted by molar-refractivity contribution is 6.31. The predicted octanol–water partition coefficient (Wildman–Crippen LogP) is 3.11. The summed E-state index contributed by atoms with van der Waals surface area (Å²) in [6.07, 6.45) is -0.360. The normalized spacial score (nSPS) is 14.9. The topological polar surface area (TPSA) is 67.8 Å². The zero-order valence-corrected chi connectivity index (χ0v) is 15.9. The number of aliphatic imine (C=N–C) groups is 1. The molecule has 0 aromatic carbocycles. The lowest BCUT2D eigenvalue weighted by atomic mass is 10.3. The van der Waals surface area contributed by atoms with Crippen LogP contribution in [0.5, 0.6) is 5.88 Å². The monoisotopic (exact) mass is 408 g/mol. The Balaban J connectivity index is 1.60. The Hall–Kier alpha value is -1.74. The van der Waals surface area contributed by atoms with E-state index in [1.54, 1.807) is 7.05 Å². The van der Waals surface area contributed by atoms with Crippen LogP contribution in [0, 0.1) is 5.92 Å². The number of alkyl halides is 3. The molecule has 0 amide bonds. The van der Waals surface area contributed by atoms with Crippen LogP contribution in [0.4, 0.5) is 13.2 Å². The maximum absolute atomic E-state index is 12.6. The van der Waals surface area contributed by atoms with Gasteiger partial charge >= 0.3 is 6.18 Å². The van der Waals surface area contributed by atoms with Gasteiger partial charge in [-0.1, -0.05) is 11.6 Å². The standard InChI is InChI=1S/C17H24ClF3N4O2/c1-22-16(23-5-2-7-26-11-12-3-4-12)24-6-8-27-15-14(18)9-13(10-25-15)17(19,20)21/h9-10,12H,2-8,11H2,1H3,(H2,22,23,24). The Labute approximate surface area is 161 Å². The molecule has 0 spiro atoms. The van der Waals surface area contributed by atoms with E-state index in [4.69, 9.17) is 21.1 Å². The van der Waals surface area contributed by atoms with E-state index in [1.807, 2.05) is 0 Å². The molecule has 0 aliphatic heterocycles. The highest BCUT2D eigenvalue weighted by Gasteiger charge is 2.31. The Morgan fingerprint density at radius 1 is 1.30 bits per heavy atom. The number of guanidine groups is 1. The van der Waals surface area contributed by atoms with Crippen molar-refractivity contribution in [1.82, 2.24) is 15.6 Å². The van der Waals surface area contributed by atoms with Crippen molar-refractivity contribution >= 4 is 17.6 Å². The van der Waals surface area contributed by atoms with E-state index < -0.39 is 11.7 Å². The molecule has 1 aliphatic rings.